The first kappa shape index (κ1) is 25.3. The molecule has 0 saturated heterocycles. The molecule has 0 heterocycles. The van der Waals surface area contributed by atoms with Gasteiger partial charge in [-0.05, 0) is 37.6 Å². The van der Waals surface area contributed by atoms with E-state index in [0.717, 1.165) is 18.2 Å². The van der Waals surface area contributed by atoms with E-state index < -0.39 is 41.1 Å². The molecule has 0 atom stereocenters. The molecule has 0 aromatic heterocycles. The van der Waals surface area contributed by atoms with Crippen molar-refractivity contribution in [3.63, 3.8) is 0 Å². The second-order valence-electron chi connectivity index (χ2n) is 6.95. The smallest absolute Gasteiger partial charge is 0.416 e. The highest BCUT2D eigenvalue weighted by molar-refractivity contribution is 5.93. The molecular formula is C21H20F3N3O6. The number of hydrogen-bond donors (Lipinski definition) is 2. The number of esters is 1. The summed E-state index contributed by atoms with van der Waals surface area (Å²) in [6.45, 7) is 0.919. The van der Waals surface area contributed by atoms with Gasteiger partial charge < -0.3 is 15.4 Å². The molecule has 2 aromatic rings. The molecule has 2 aromatic carbocycles. The Hall–Kier alpha value is -3.96. The summed E-state index contributed by atoms with van der Waals surface area (Å²) in [5, 5.41) is 15.6. The van der Waals surface area contributed by atoms with Crippen LogP contribution in [0.2, 0.25) is 0 Å². The van der Waals surface area contributed by atoms with E-state index in [1.165, 1.54) is 24.3 Å². The van der Waals surface area contributed by atoms with Gasteiger partial charge >= 0.3 is 12.1 Å². The molecule has 12 heteroatoms. The van der Waals surface area contributed by atoms with Gasteiger partial charge in [0.1, 0.15) is 0 Å². The maximum absolute atomic E-state index is 12.7. The van der Waals surface area contributed by atoms with Crippen molar-refractivity contribution >= 4 is 34.8 Å². The lowest BCUT2D eigenvalue weighted by Crippen LogP contribution is -2.21. The van der Waals surface area contributed by atoms with Crippen molar-refractivity contribution < 1.29 is 37.2 Å². The van der Waals surface area contributed by atoms with E-state index in [9.17, 15) is 37.7 Å². The Morgan fingerprint density at radius 2 is 1.67 bits per heavy atom. The molecule has 2 rings (SSSR count). The van der Waals surface area contributed by atoms with Gasteiger partial charge in [-0.25, -0.2) is 0 Å². The van der Waals surface area contributed by atoms with Gasteiger partial charge in [-0.2, -0.15) is 13.2 Å². The number of anilines is 2. The largest absolute Gasteiger partial charge is 0.456 e. The molecule has 0 aliphatic rings. The minimum atomic E-state index is -4.54. The lowest BCUT2D eigenvalue weighted by molar-refractivity contribution is -0.385. The molecule has 33 heavy (non-hydrogen) atoms. The van der Waals surface area contributed by atoms with Crippen LogP contribution in [0.15, 0.2) is 42.5 Å². The minimum absolute atomic E-state index is 0.0228. The molecule has 0 fully saturated rings. The zero-order valence-electron chi connectivity index (χ0n) is 17.4. The van der Waals surface area contributed by atoms with E-state index in [4.69, 9.17) is 4.74 Å². The summed E-state index contributed by atoms with van der Waals surface area (Å²) in [6.07, 6.45) is -4.83. The number of benzene rings is 2. The summed E-state index contributed by atoms with van der Waals surface area (Å²) in [5.41, 5.74) is -0.512. The molecule has 0 aliphatic heterocycles. The first-order valence-corrected chi connectivity index (χ1v) is 9.63. The molecule has 0 bridgehead atoms. The van der Waals surface area contributed by atoms with Gasteiger partial charge in [-0.15, -0.1) is 0 Å². The normalized spacial score (nSPS) is 10.9. The third kappa shape index (κ3) is 8.24. The number of aryl methyl sites for hydroxylation is 1. The highest BCUT2D eigenvalue weighted by Crippen LogP contribution is 2.30. The van der Waals surface area contributed by atoms with E-state index >= 15 is 0 Å². The van der Waals surface area contributed by atoms with Crippen molar-refractivity contribution in [1.82, 2.24) is 0 Å². The number of rotatable bonds is 9. The summed E-state index contributed by atoms with van der Waals surface area (Å²) in [4.78, 5) is 45.8. The topological polar surface area (TPSA) is 128 Å². The Balaban J connectivity index is 1.72. The SMILES string of the molecule is Cc1ccc(NC(=O)COC(=O)CCCC(=O)Nc2cccc(C(F)(F)F)c2)cc1[N+](=O)[O-]. The van der Waals surface area contributed by atoms with Gasteiger partial charge in [0, 0.05) is 35.8 Å². The zero-order valence-corrected chi connectivity index (χ0v) is 17.4. The summed E-state index contributed by atoms with van der Waals surface area (Å²) in [5.74, 6) is -2.04. The molecule has 176 valence electrons. The number of alkyl halides is 3. The number of nitro benzene ring substituents is 1. The van der Waals surface area contributed by atoms with Crippen LogP contribution < -0.4 is 10.6 Å². The van der Waals surface area contributed by atoms with Gasteiger partial charge in [-0.1, -0.05) is 12.1 Å². The molecule has 0 radical (unpaired) electrons. The third-order valence-corrected chi connectivity index (χ3v) is 4.31. The quantitative estimate of drug-likeness (QED) is 0.323. The summed E-state index contributed by atoms with van der Waals surface area (Å²) in [6, 6.07) is 8.25. The maximum Gasteiger partial charge on any atom is 0.416 e. The standard InChI is InChI=1S/C21H20F3N3O6/c1-13-8-9-16(11-17(13)27(31)32)26-19(29)12-33-20(30)7-3-6-18(28)25-15-5-2-4-14(10-15)21(22,23)24/h2,4-5,8-11H,3,6-7,12H2,1H3,(H,25,28)(H,26,29). The number of carbonyl (C=O) groups is 3. The predicted molar refractivity (Wildman–Crippen MR) is 111 cm³/mol. The lowest BCUT2D eigenvalue weighted by Gasteiger charge is -2.10. The fraction of sp³-hybridized carbons (Fsp3) is 0.286. The Labute approximate surface area is 186 Å². The fourth-order valence-corrected chi connectivity index (χ4v) is 2.69. The average Bonchev–Trinajstić information content (AvgIpc) is 2.73. The maximum atomic E-state index is 12.7. The second-order valence-corrected chi connectivity index (χ2v) is 6.95. The summed E-state index contributed by atoms with van der Waals surface area (Å²) in [7, 11) is 0. The molecule has 0 unspecified atom stereocenters. The van der Waals surface area contributed by atoms with Crippen molar-refractivity contribution in [1.29, 1.82) is 0 Å². The first-order chi connectivity index (χ1) is 15.5. The number of nitrogens with zero attached hydrogens (tertiary/aromatic N) is 1. The van der Waals surface area contributed by atoms with Crippen molar-refractivity contribution in [2.75, 3.05) is 17.2 Å². The van der Waals surface area contributed by atoms with Gasteiger partial charge in [0.2, 0.25) is 5.91 Å². The fourth-order valence-electron chi connectivity index (χ4n) is 2.69. The average molecular weight is 467 g/mol. The second kappa shape index (κ2) is 11.1. The van der Waals surface area contributed by atoms with Crippen molar-refractivity contribution in [2.24, 2.45) is 0 Å². The number of amides is 2. The monoisotopic (exact) mass is 467 g/mol. The molecule has 9 nitrogen and oxygen atoms in total. The molecule has 0 saturated carbocycles. The van der Waals surface area contributed by atoms with Gasteiger partial charge in [0.25, 0.3) is 11.6 Å². The Kier molecular flexibility index (Phi) is 8.49. The molecule has 2 amide bonds. The number of carbonyl (C=O) groups excluding carboxylic acids is 3. The van der Waals surface area contributed by atoms with E-state index in [2.05, 4.69) is 10.6 Å². The highest BCUT2D eigenvalue weighted by atomic mass is 19.4. The first-order valence-electron chi connectivity index (χ1n) is 9.63. The third-order valence-electron chi connectivity index (χ3n) is 4.31. The van der Waals surface area contributed by atoms with Crippen LogP contribution in [0.3, 0.4) is 0 Å². The molecule has 0 aliphatic carbocycles. The minimum Gasteiger partial charge on any atom is -0.456 e. The van der Waals surface area contributed by atoms with E-state index in [1.807, 2.05) is 0 Å². The van der Waals surface area contributed by atoms with E-state index in [1.54, 1.807) is 6.92 Å². The van der Waals surface area contributed by atoms with Crippen LogP contribution in [0.1, 0.15) is 30.4 Å². The summed E-state index contributed by atoms with van der Waals surface area (Å²) >= 11 is 0. The van der Waals surface area contributed by atoms with E-state index in [-0.39, 0.29) is 36.3 Å². The van der Waals surface area contributed by atoms with Crippen LogP contribution in [-0.4, -0.2) is 29.3 Å². The molecule has 0 spiro atoms. The Morgan fingerprint density at radius 3 is 2.33 bits per heavy atom. The van der Waals surface area contributed by atoms with Crippen molar-refractivity contribution in [2.45, 2.75) is 32.4 Å². The highest BCUT2D eigenvalue weighted by Gasteiger charge is 2.30. The van der Waals surface area contributed by atoms with Crippen LogP contribution in [0, 0.1) is 17.0 Å². The van der Waals surface area contributed by atoms with Crippen LogP contribution in [0.4, 0.5) is 30.2 Å². The molecule has 2 N–H and O–H groups in total. The van der Waals surface area contributed by atoms with Gasteiger partial charge in [0.15, 0.2) is 6.61 Å². The zero-order chi connectivity index (χ0) is 24.6. The lowest BCUT2D eigenvalue weighted by atomic mass is 10.2. The van der Waals surface area contributed by atoms with Crippen molar-refractivity contribution in [3.8, 4) is 0 Å². The number of nitro groups is 1. The van der Waals surface area contributed by atoms with Gasteiger partial charge in [0.05, 0.1) is 10.5 Å². The number of nitrogens with one attached hydrogen (secondary N) is 2. The molecular weight excluding hydrogens is 447 g/mol. The van der Waals surface area contributed by atoms with Crippen LogP contribution >= 0.6 is 0 Å². The Morgan fingerprint density at radius 1 is 1.00 bits per heavy atom. The van der Waals surface area contributed by atoms with Crippen LogP contribution in [-0.2, 0) is 25.3 Å². The van der Waals surface area contributed by atoms with Crippen molar-refractivity contribution in [3.05, 3.63) is 63.7 Å². The number of halogens is 3. The predicted octanol–water partition coefficient (Wildman–Crippen LogP) is 4.21. The summed E-state index contributed by atoms with van der Waals surface area (Å²) < 4.78 is 42.9. The van der Waals surface area contributed by atoms with Gasteiger partial charge in [-0.3, -0.25) is 24.5 Å². The van der Waals surface area contributed by atoms with Crippen LogP contribution in [0.5, 0.6) is 0 Å². The number of hydrogen-bond acceptors (Lipinski definition) is 6. The van der Waals surface area contributed by atoms with Crippen LogP contribution in [0.25, 0.3) is 0 Å². The van der Waals surface area contributed by atoms with E-state index in [0.29, 0.717) is 5.56 Å². The number of ether oxygens (including phenoxy) is 1. The Bertz CT molecular complexity index is 1060.